The Kier molecular flexibility index (Phi) is 7.85. The van der Waals surface area contributed by atoms with Crippen molar-refractivity contribution < 1.29 is 17.9 Å². The van der Waals surface area contributed by atoms with Crippen molar-refractivity contribution in [2.75, 3.05) is 26.2 Å². The largest absolute Gasteiger partial charge is 0.491 e. The fourth-order valence-electron chi connectivity index (χ4n) is 3.73. The van der Waals surface area contributed by atoms with Crippen molar-refractivity contribution in [1.82, 2.24) is 9.62 Å². The van der Waals surface area contributed by atoms with E-state index in [0.29, 0.717) is 19.7 Å². The van der Waals surface area contributed by atoms with E-state index in [1.165, 1.54) is 22.5 Å². The lowest BCUT2D eigenvalue weighted by molar-refractivity contribution is 0.0946. The Morgan fingerprint density at radius 1 is 1.09 bits per heavy atom. The number of nitrogens with one attached hydrogen (secondary N) is 1. The van der Waals surface area contributed by atoms with Gasteiger partial charge in [-0.1, -0.05) is 57.0 Å². The van der Waals surface area contributed by atoms with Gasteiger partial charge >= 0.3 is 0 Å². The topological polar surface area (TPSA) is 75.7 Å². The highest BCUT2D eigenvalue weighted by molar-refractivity contribution is 7.89. The van der Waals surface area contributed by atoms with Gasteiger partial charge in [0.05, 0.1) is 11.6 Å². The van der Waals surface area contributed by atoms with Gasteiger partial charge in [-0.05, 0) is 48.1 Å². The fraction of sp³-hybridized carbons (Fsp3) is 0.458. The van der Waals surface area contributed by atoms with Gasteiger partial charge in [0.2, 0.25) is 10.0 Å². The molecule has 8 heteroatoms. The molecule has 0 radical (unpaired) electrons. The van der Waals surface area contributed by atoms with Crippen LogP contribution >= 0.6 is 11.6 Å². The predicted octanol–water partition coefficient (Wildman–Crippen LogP) is 4.62. The Labute approximate surface area is 196 Å². The Balaban J connectivity index is 1.64. The number of hydrogen-bond acceptors (Lipinski definition) is 4. The summed E-state index contributed by atoms with van der Waals surface area (Å²) in [5, 5.41) is 2.91. The van der Waals surface area contributed by atoms with E-state index in [-0.39, 0.29) is 33.3 Å². The van der Waals surface area contributed by atoms with Gasteiger partial charge < -0.3 is 10.1 Å². The molecule has 174 valence electrons. The average molecular weight is 479 g/mol. The highest BCUT2D eigenvalue weighted by Crippen LogP contribution is 2.31. The first kappa shape index (κ1) is 24.6. The predicted molar refractivity (Wildman–Crippen MR) is 127 cm³/mol. The molecule has 6 nitrogen and oxygen atoms in total. The number of sulfonamides is 1. The second kappa shape index (κ2) is 10.2. The molecule has 2 aromatic carbocycles. The van der Waals surface area contributed by atoms with Gasteiger partial charge in [-0.2, -0.15) is 4.31 Å². The summed E-state index contributed by atoms with van der Waals surface area (Å²) >= 11 is 6.19. The molecular formula is C24H31ClN2O4S. The molecule has 32 heavy (non-hydrogen) atoms. The first-order valence-electron chi connectivity index (χ1n) is 10.9. The molecule has 0 aliphatic carbocycles. The van der Waals surface area contributed by atoms with E-state index < -0.39 is 10.0 Å². The van der Waals surface area contributed by atoms with Crippen LogP contribution in [0.2, 0.25) is 5.02 Å². The zero-order valence-electron chi connectivity index (χ0n) is 18.9. The van der Waals surface area contributed by atoms with Gasteiger partial charge in [0, 0.05) is 18.7 Å². The molecular weight excluding hydrogens is 448 g/mol. The number of piperidine rings is 1. The smallest absolute Gasteiger partial charge is 0.251 e. The standard InChI is InChI=1S/C24H31ClN2O4S/c1-24(2,3)19-9-5-6-10-21(19)31-16-13-26-23(28)18-11-12-20(25)22(17-18)32(29,30)27-14-7-4-8-15-27/h5-6,9-12,17H,4,7-8,13-16H2,1-3H3,(H,26,28). The third kappa shape index (κ3) is 5.82. The number of rotatable bonds is 7. The van der Waals surface area contributed by atoms with Gasteiger partial charge in [-0.3, -0.25) is 4.79 Å². The van der Waals surface area contributed by atoms with Crippen LogP contribution < -0.4 is 10.1 Å². The minimum Gasteiger partial charge on any atom is -0.491 e. The van der Waals surface area contributed by atoms with Crippen LogP contribution in [0.5, 0.6) is 5.75 Å². The van der Waals surface area contributed by atoms with Crippen molar-refractivity contribution in [1.29, 1.82) is 0 Å². The minimum atomic E-state index is -3.73. The molecule has 1 amide bonds. The van der Waals surface area contributed by atoms with Crippen LogP contribution in [-0.4, -0.2) is 44.9 Å². The van der Waals surface area contributed by atoms with E-state index in [1.54, 1.807) is 0 Å². The van der Waals surface area contributed by atoms with Crippen LogP contribution in [0.4, 0.5) is 0 Å². The number of amides is 1. The molecule has 0 saturated carbocycles. The third-order valence-electron chi connectivity index (χ3n) is 5.47. The molecule has 1 fully saturated rings. The summed E-state index contributed by atoms with van der Waals surface area (Å²) in [6.07, 6.45) is 2.68. The lowest BCUT2D eigenvalue weighted by Gasteiger charge is -2.26. The van der Waals surface area contributed by atoms with Crippen molar-refractivity contribution in [3.05, 3.63) is 58.6 Å². The molecule has 0 bridgehead atoms. The number of ether oxygens (including phenoxy) is 1. The first-order valence-corrected chi connectivity index (χ1v) is 12.7. The van der Waals surface area contributed by atoms with Crippen molar-refractivity contribution in [2.24, 2.45) is 0 Å². The Morgan fingerprint density at radius 3 is 2.47 bits per heavy atom. The Morgan fingerprint density at radius 2 is 1.78 bits per heavy atom. The number of hydrogen-bond donors (Lipinski definition) is 1. The number of carbonyl (C=O) groups is 1. The van der Waals surface area contributed by atoms with Crippen molar-refractivity contribution in [3.8, 4) is 5.75 Å². The molecule has 0 aromatic heterocycles. The molecule has 1 saturated heterocycles. The maximum absolute atomic E-state index is 13.0. The van der Waals surface area contributed by atoms with E-state index >= 15 is 0 Å². The van der Waals surface area contributed by atoms with Crippen LogP contribution in [0.25, 0.3) is 0 Å². The second-order valence-corrected chi connectivity index (χ2v) is 11.3. The highest BCUT2D eigenvalue weighted by Gasteiger charge is 2.28. The molecule has 1 heterocycles. The average Bonchev–Trinajstić information content (AvgIpc) is 2.77. The molecule has 3 rings (SSSR count). The van der Waals surface area contributed by atoms with Crippen molar-refractivity contribution in [2.45, 2.75) is 50.3 Å². The van der Waals surface area contributed by atoms with Gasteiger partial charge in [0.15, 0.2) is 0 Å². The van der Waals surface area contributed by atoms with Crippen LogP contribution in [0.1, 0.15) is 56.0 Å². The maximum Gasteiger partial charge on any atom is 0.251 e. The quantitative estimate of drug-likeness (QED) is 0.589. The summed E-state index contributed by atoms with van der Waals surface area (Å²) in [5.74, 6) is 0.417. The normalized spacial score (nSPS) is 15.4. The highest BCUT2D eigenvalue weighted by atomic mass is 35.5. The van der Waals surface area contributed by atoms with Crippen LogP contribution in [-0.2, 0) is 15.4 Å². The van der Waals surface area contributed by atoms with Gasteiger partial charge in [0.1, 0.15) is 17.3 Å². The lowest BCUT2D eigenvalue weighted by atomic mass is 9.86. The number of benzene rings is 2. The molecule has 2 aromatic rings. The monoisotopic (exact) mass is 478 g/mol. The minimum absolute atomic E-state index is 0.0240. The SMILES string of the molecule is CC(C)(C)c1ccccc1OCCNC(=O)c1ccc(Cl)c(S(=O)(=O)N2CCCCC2)c1. The number of para-hydroxylation sites is 1. The number of nitrogens with zero attached hydrogens (tertiary/aromatic N) is 1. The summed E-state index contributed by atoms with van der Waals surface area (Å²) < 4.78 is 33.3. The Hall–Kier alpha value is -2.09. The van der Waals surface area contributed by atoms with E-state index in [0.717, 1.165) is 30.6 Å². The third-order valence-corrected chi connectivity index (χ3v) is 7.85. The molecule has 1 aliphatic heterocycles. The second-order valence-electron chi connectivity index (χ2n) is 8.96. The van der Waals surface area contributed by atoms with Crippen molar-refractivity contribution >= 4 is 27.5 Å². The Bertz CT molecular complexity index is 1060. The van der Waals surface area contributed by atoms with E-state index in [9.17, 15) is 13.2 Å². The fourth-order valence-corrected chi connectivity index (χ4v) is 5.74. The zero-order valence-corrected chi connectivity index (χ0v) is 20.4. The van der Waals surface area contributed by atoms with Crippen LogP contribution in [0, 0.1) is 0 Å². The molecule has 1 aliphatic rings. The van der Waals surface area contributed by atoms with Gasteiger partial charge in [0.25, 0.3) is 5.91 Å². The van der Waals surface area contributed by atoms with E-state index in [2.05, 4.69) is 26.1 Å². The van der Waals surface area contributed by atoms with Gasteiger partial charge in [-0.15, -0.1) is 0 Å². The molecule has 1 N–H and O–H groups in total. The van der Waals surface area contributed by atoms with Crippen LogP contribution in [0.3, 0.4) is 0 Å². The summed E-state index contributed by atoms with van der Waals surface area (Å²) in [6.45, 7) is 7.89. The molecule has 0 atom stereocenters. The van der Waals surface area contributed by atoms with Crippen molar-refractivity contribution in [3.63, 3.8) is 0 Å². The molecule has 0 spiro atoms. The maximum atomic E-state index is 13.0. The van der Waals surface area contributed by atoms with E-state index in [1.807, 2.05) is 24.3 Å². The van der Waals surface area contributed by atoms with E-state index in [4.69, 9.17) is 16.3 Å². The molecule has 0 unspecified atom stereocenters. The zero-order chi connectivity index (χ0) is 23.4. The number of halogens is 1. The number of carbonyl (C=O) groups excluding carboxylic acids is 1. The summed E-state index contributed by atoms with van der Waals surface area (Å²) in [7, 11) is -3.73. The first-order chi connectivity index (χ1) is 15.1. The summed E-state index contributed by atoms with van der Waals surface area (Å²) in [5.41, 5.74) is 1.29. The van der Waals surface area contributed by atoms with Gasteiger partial charge in [-0.25, -0.2) is 8.42 Å². The summed E-state index contributed by atoms with van der Waals surface area (Å²) in [4.78, 5) is 12.6. The summed E-state index contributed by atoms with van der Waals surface area (Å²) in [6, 6.07) is 12.2. The van der Waals surface area contributed by atoms with Crippen LogP contribution in [0.15, 0.2) is 47.4 Å². The lowest BCUT2D eigenvalue weighted by Crippen LogP contribution is -2.36.